The molecule has 2 aromatic heterocycles. The first-order valence-electron chi connectivity index (χ1n) is 10.5. The van der Waals surface area contributed by atoms with Gasteiger partial charge in [0.05, 0.1) is 23.3 Å². The van der Waals surface area contributed by atoms with E-state index in [1.807, 2.05) is 6.07 Å². The van der Waals surface area contributed by atoms with Crippen molar-refractivity contribution < 1.29 is 27.5 Å². The Morgan fingerprint density at radius 3 is 2.74 bits per heavy atom. The van der Waals surface area contributed by atoms with Crippen LogP contribution in [0.15, 0.2) is 64.0 Å². The van der Waals surface area contributed by atoms with Gasteiger partial charge in [-0.2, -0.15) is 10.4 Å². The molecule has 35 heavy (non-hydrogen) atoms. The summed E-state index contributed by atoms with van der Waals surface area (Å²) in [5.41, 5.74) is 1.21. The number of halogens is 2. The predicted molar refractivity (Wildman–Crippen MR) is 119 cm³/mol. The minimum absolute atomic E-state index is 0.144. The van der Waals surface area contributed by atoms with E-state index < -0.39 is 24.3 Å². The molecule has 0 saturated carbocycles. The number of benzene rings is 2. The average molecular weight is 478 g/mol. The highest BCUT2D eigenvalue weighted by molar-refractivity contribution is 5.94. The van der Waals surface area contributed by atoms with Gasteiger partial charge < -0.3 is 18.8 Å². The normalized spacial score (nSPS) is 13.5. The lowest BCUT2D eigenvalue weighted by molar-refractivity contribution is -0.286. The van der Waals surface area contributed by atoms with Gasteiger partial charge in [-0.3, -0.25) is 9.59 Å². The van der Waals surface area contributed by atoms with E-state index in [0.29, 0.717) is 16.8 Å². The van der Waals surface area contributed by atoms with Gasteiger partial charge in [0.15, 0.2) is 17.1 Å². The Hall–Kier alpha value is -4.72. The molecule has 1 aliphatic rings. The quantitative estimate of drug-likeness (QED) is 0.428. The molecule has 0 saturated heterocycles. The third-order valence-corrected chi connectivity index (χ3v) is 5.43. The number of likely N-dealkylation sites (N-methyl/N-ethyl adjacent to an activating group) is 1. The molecule has 0 atom stereocenters. The summed E-state index contributed by atoms with van der Waals surface area (Å²) >= 11 is 0. The number of nitrogens with zero attached hydrogens (tertiary/aromatic N) is 4. The van der Waals surface area contributed by atoms with Gasteiger partial charge in [0.25, 0.3) is 5.56 Å². The van der Waals surface area contributed by atoms with Crippen molar-refractivity contribution in [2.75, 3.05) is 11.4 Å². The molecular weight excluding hydrogens is 462 g/mol. The molecule has 1 aliphatic heterocycles. The maximum absolute atomic E-state index is 13.4. The maximum atomic E-state index is 13.4. The van der Waals surface area contributed by atoms with Crippen LogP contribution >= 0.6 is 0 Å². The second-order valence-corrected chi connectivity index (χ2v) is 7.60. The average Bonchev–Trinajstić information content (AvgIpc) is 3.44. The zero-order valence-corrected chi connectivity index (χ0v) is 18.2. The number of carbonyl (C=O) groups excluding carboxylic acids is 1. The number of hydrogen-bond acceptors (Lipinski definition) is 7. The zero-order valence-electron chi connectivity index (χ0n) is 18.2. The molecule has 1 amide bonds. The molecule has 3 heterocycles. The number of alkyl halides is 2. The lowest BCUT2D eigenvalue weighted by atomic mass is 10.1. The monoisotopic (exact) mass is 478 g/mol. The number of nitriles is 1. The van der Waals surface area contributed by atoms with Crippen LogP contribution in [0.2, 0.25) is 0 Å². The van der Waals surface area contributed by atoms with Crippen LogP contribution < -0.4 is 19.9 Å². The van der Waals surface area contributed by atoms with Gasteiger partial charge in [-0.25, -0.2) is 4.68 Å². The summed E-state index contributed by atoms with van der Waals surface area (Å²) in [6.45, 7) is 1.46. The molecule has 2 aromatic carbocycles. The summed E-state index contributed by atoms with van der Waals surface area (Å²) < 4.78 is 42.1. The van der Waals surface area contributed by atoms with Gasteiger partial charge in [0, 0.05) is 23.9 Å². The Kier molecular flexibility index (Phi) is 5.21. The highest BCUT2D eigenvalue weighted by atomic mass is 19.3. The third kappa shape index (κ3) is 3.95. The fraction of sp³-hybridized carbons (Fsp3) is 0.167. The number of anilines is 1. The van der Waals surface area contributed by atoms with E-state index in [2.05, 4.69) is 14.6 Å². The fourth-order valence-electron chi connectivity index (χ4n) is 3.87. The zero-order chi connectivity index (χ0) is 24.7. The molecule has 11 heteroatoms. The van der Waals surface area contributed by atoms with Crippen LogP contribution in [-0.4, -0.2) is 28.5 Å². The van der Waals surface area contributed by atoms with Gasteiger partial charge in [-0.15, -0.1) is 8.78 Å². The van der Waals surface area contributed by atoms with Crippen molar-refractivity contribution >= 4 is 22.6 Å². The van der Waals surface area contributed by atoms with E-state index in [4.69, 9.17) is 4.42 Å². The van der Waals surface area contributed by atoms with E-state index in [1.54, 1.807) is 31.2 Å². The molecule has 0 N–H and O–H groups in total. The summed E-state index contributed by atoms with van der Waals surface area (Å²) in [5.74, 6) is -0.851. The standard InChI is InChI=1S/C24H16F2N4O5/c1-2-29(16-6-7-18-19(11-16)35-24(25,26)34-18)20(31)13-30-23(32)17-8-9-33-22(17)21(28-30)15-5-3-4-14(10-15)12-27/h3-11H,2,13H2,1H3. The lowest BCUT2D eigenvalue weighted by Gasteiger charge is -2.21. The number of hydrogen-bond donors (Lipinski definition) is 0. The summed E-state index contributed by atoms with van der Waals surface area (Å²) in [4.78, 5) is 27.5. The Balaban J connectivity index is 1.51. The predicted octanol–water partition coefficient (Wildman–Crippen LogP) is 3.90. The van der Waals surface area contributed by atoms with E-state index in [1.165, 1.54) is 35.4 Å². The first-order chi connectivity index (χ1) is 16.8. The van der Waals surface area contributed by atoms with Gasteiger partial charge >= 0.3 is 6.29 Å². The molecular formula is C24H16F2N4O5. The molecule has 0 bridgehead atoms. The second-order valence-electron chi connectivity index (χ2n) is 7.60. The molecule has 0 fully saturated rings. The summed E-state index contributed by atoms with van der Waals surface area (Å²) in [7, 11) is 0. The minimum atomic E-state index is -3.78. The molecule has 0 radical (unpaired) electrons. The molecule has 0 spiro atoms. The first kappa shape index (κ1) is 22.1. The van der Waals surface area contributed by atoms with E-state index >= 15 is 0 Å². The topological polar surface area (TPSA) is 111 Å². The van der Waals surface area contributed by atoms with Crippen molar-refractivity contribution in [1.29, 1.82) is 5.26 Å². The maximum Gasteiger partial charge on any atom is 0.586 e. The minimum Gasteiger partial charge on any atom is -0.462 e. The smallest absolute Gasteiger partial charge is 0.462 e. The Bertz CT molecular complexity index is 1570. The van der Waals surface area contributed by atoms with Gasteiger partial charge in [0.2, 0.25) is 5.91 Å². The van der Waals surface area contributed by atoms with Crippen molar-refractivity contribution in [2.45, 2.75) is 19.8 Å². The van der Waals surface area contributed by atoms with Crippen LogP contribution in [0.1, 0.15) is 12.5 Å². The number of rotatable bonds is 5. The van der Waals surface area contributed by atoms with Crippen molar-refractivity contribution in [3.63, 3.8) is 0 Å². The van der Waals surface area contributed by atoms with Crippen molar-refractivity contribution in [3.8, 4) is 28.8 Å². The van der Waals surface area contributed by atoms with Crippen LogP contribution in [0.4, 0.5) is 14.5 Å². The highest BCUT2D eigenvalue weighted by Gasteiger charge is 2.43. The number of furan rings is 1. The number of carbonyl (C=O) groups is 1. The molecule has 0 unspecified atom stereocenters. The van der Waals surface area contributed by atoms with Crippen molar-refractivity contribution in [3.05, 3.63) is 70.7 Å². The molecule has 0 aliphatic carbocycles. The van der Waals surface area contributed by atoms with Crippen LogP contribution in [-0.2, 0) is 11.3 Å². The largest absolute Gasteiger partial charge is 0.586 e. The fourth-order valence-corrected chi connectivity index (χ4v) is 3.87. The van der Waals surface area contributed by atoms with Gasteiger partial charge in [-0.05, 0) is 37.3 Å². The first-order valence-corrected chi connectivity index (χ1v) is 10.5. The van der Waals surface area contributed by atoms with Crippen LogP contribution in [0.5, 0.6) is 11.5 Å². The van der Waals surface area contributed by atoms with E-state index in [0.717, 1.165) is 4.68 Å². The lowest BCUT2D eigenvalue weighted by Crippen LogP contribution is -2.37. The van der Waals surface area contributed by atoms with E-state index in [-0.39, 0.29) is 34.7 Å². The van der Waals surface area contributed by atoms with Crippen LogP contribution in [0, 0.1) is 11.3 Å². The summed E-state index contributed by atoms with van der Waals surface area (Å²) in [5, 5.41) is 13.8. The second kappa shape index (κ2) is 8.25. The summed E-state index contributed by atoms with van der Waals surface area (Å²) in [6, 6.07) is 14.1. The molecule has 5 rings (SSSR count). The van der Waals surface area contributed by atoms with Gasteiger partial charge in [0.1, 0.15) is 12.2 Å². The molecule has 176 valence electrons. The van der Waals surface area contributed by atoms with Crippen molar-refractivity contribution in [1.82, 2.24) is 9.78 Å². The third-order valence-electron chi connectivity index (χ3n) is 5.43. The SMILES string of the molecule is CCN(C(=O)Cn1nc(-c2cccc(C#N)c2)c2occc2c1=O)c1ccc2c(c1)OC(F)(F)O2. The Labute approximate surface area is 196 Å². The number of fused-ring (bicyclic) bond motifs is 2. The highest BCUT2D eigenvalue weighted by Crippen LogP contribution is 2.42. The van der Waals surface area contributed by atoms with Crippen molar-refractivity contribution in [2.24, 2.45) is 0 Å². The van der Waals surface area contributed by atoms with E-state index in [9.17, 15) is 23.6 Å². The Morgan fingerprint density at radius 2 is 1.97 bits per heavy atom. The van der Waals surface area contributed by atoms with Gasteiger partial charge in [-0.1, -0.05) is 12.1 Å². The molecule has 9 nitrogen and oxygen atoms in total. The van der Waals surface area contributed by atoms with Crippen LogP contribution in [0.25, 0.3) is 22.2 Å². The number of amides is 1. The number of ether oxygens (including phenoxy) is 2. The summed E-state index contributed by atoms with van der Waals surface area (Å²) in [6.07, 6.45) is -2.43. The van der Waals surface area contributed by atoms with Crippen LogP contribution in [0.3, 0.4) is 0 Å². The molecule has 4 aromatic rings. The number of aromatic nitrogens is 2. The Morgan fingerprint density at radius 1 is 1.17 bits per heavy atom.